The van der Waals surface area contributed by atoms with E-state index in [1.807, 2.05) is 0 Å². The van der Waals surface area contributed by atoms with Crippen molar-refractivity contribution in [2.45, 2.75) is 13.0 Å². The number of piperazine rings is 1. The number of nitrogens with zero attached hydrogens (tertiary/aromatic N) is 1. The first-order valence-electron chi connectivity index (χ1n) is 6.74. The summed E-state index contributed by atoms with van der Waals surface area (Å²) in [5.74, 6) is -5.03. The molecular formula is C14H22N2O8. The summed E-state index contributed by atoms with van der Waals surface area (Å²) in [4.78, 5) is 40.6. The van der Waals surface area contributed by atoms with Gasteiger partial charge in [-0.25, -0.2) is 19.2 Å². The normalized spacial score (nSPS) is 17.3. The summed E-state index contributed by atoms with van der Waals surface area (Å²) in [6.45, 7) is 5.76. The topological polar surface area (TPSA) is 164 Å². The summed E-state index contributed by atoms with van der Waals surface area (Å²) in [5.41, 5.74) is 0. The molecule has 1 saturated heterocycles. The van der Waals surface area contributed by atoms with Gasteiger partial charge in [-0.1, -0.05) is 0 Å². The molecule has 0 radical (unpaired) electrons. The van der Waals surface area contributed by atoms with Crippen molar-refractivity contribution in [3.63, 3.8) is 0 Å². The van der Waals surface area contributed by atoms with Gasteiger partial charge in [-0.05, 0) is 14.0 Å². The van der Waals surface area contributed by atoms with Crippen LogP contribution in [0.4, 0.5) is 0 Å². The highest BCUT2D eigenvalue weighted by Crippen LogP contribution is 1.92. The van der Waals surface area contributed by atoms with Gasteiger partial charge in [-0.15, -0.1) is 0 Å². The zero-order valence-corrected chi connectivity index (χ0v) is 13.4. The summed E-state index contributed by atoms with van der Waals surface area (Å²) >= 11 is 0. The van der Waals surface area contributed by atoms with Crippen molar-refractivity contribution in [1.82, 2.24) is 10.2 Å². The molecule has 1 aliphatic rings. The maximum Gasteiger partial charge on any atom is 0.328 e. The van der Waals surface area contributed by atoms with Gasteiger partial charge in [0.25, 0.3) is 0 Å². The van der Waals surface area contributed by atoms with Gasteiger partial charge in [0.15, 0.2) is 0 Å². The molecule has 0 amide bonds. The lowest BCUT2D eigenvalue weighted by atomic mass is 10.2. The van der Waals surface area contributed by atoms with Crippen LogP contribution in [-0.2, 0) is 19.2 Å². The van der Waals surface area contributed by atoms with Crippen LogP contribution in [0.15, 0.2) is 24.3 Å². The molecule has 1 fully saturated rings. The Morgan fingerprint density at radius 1 is 0.875 bits per heavy atom. The maximum absolute atomic E-state index is 9.55. The summed E-state index contributed by atoms with van der Waals surface area (Å²) in [6.07, 6.45) is 2.23. The van der Waals surface area contributed by atoms with Gasteiger partial charge >= 0.3 is 23.9 Å². The van der Waals surface area contributed by atoms with E-state index in [2.05, 4.69) is 24.2 Å². The molecule has 0 aromatic rings. The molecule has 1 rings (SSSR count). The third kappa shape index (κ3) is 21.6. The first-order chi connectivity index (χ1) is 11.0. The number of rotatable bonds is 4. The molecule has 0 spiro atoms. The van der Waals surface area contributed by atoms with E-state index in [9.17, 15) is 19.2 Å². The summed E-state index contributed by atoms with van der Waals surface area (Å²) in [6, 6.07) is 0.689. The van der Waals surface area contributed by atoms with E-state index in [4.69, 9.17) is 20.4 Å². The van der Waals surface area contributed by atoms with E-state index in [-0.39, 0.29) is 0 Å². The van der Waals surface area contributed by atoms with Crippen molar-refractivity contribution in [3.8, 4) is 0 Å². The Labute approximate surface area is 138 Å². The SMILES string of the molecule is C[C@@H]1CN(C)CCN1.O=C(O)/C=C\C(=O)O.O=C(O)/C=C\C(=O)O. The van der Waals surface area contributed by atoms with Gasteiger partial charge in [0.1, 0.15) is 0 Å². The second-order valence-corrected chi connectivity index (χ2v) is 4.64. The fraction of sp³-hybridized carbons (Fsp3) is 0.429. The third-order valence-electron chi connectivity index (χ3n) is 2.31. The van der Waals surface area contributed by atoms with Gasteiger partial charge in [0.05, 0.1) is 0 Å². The zero-order valence-electron chi connectivity index (χ0n) is 13.4. The van der Waals surface area contributed by atoms with Crippen molar-refractivity contribution in [2.75, 3.05) is 26.7 Å². The average Bonchev–Trinajstić information content (AvgIpc) is 2.44. The van der Waals surface area contributed by atoms with E-state index in [1.165, 1.54) is 13.1 Å². The second kappa shape index (κ2) is 13.9. The predicted octanol–water partition coefficient (Wildman–Crippen LogP) is -0.666. The van der Waals surface area contributed by atoms with Gasteiger partial charge < -0.3 is 30.6 Å². The molecule has 0 bridgehead atoms. The number of nitrogens with one attached hydrogen (secondary N) is 1. The first-order valence-corrected chi connectivity index (χ1v) is 6.74. The van der Waals surface area contributed by atoms with E-state index in [0.717, 1.165) is 6.54 Å². The number of carboxylic acids is 4. The molecule has 0 aromatic carbocycles. The molecule has 0 aromatic heterocycles. The Bertz CT molecular complexity index is 413. The molecule has 24 heavy (non-hydrogen) atoms. The van der Waals surface area contributed by atoms with Crippen molar-refractivity contribution < 1.29 is 39.6 Å². The molecule has 0 saturated carbocycles. The Kier molecular flexibility index (Phi) is 13.6. The monoisotopic (exact) mass is 346 g/mol. The van der Waals surface area contributed by atoms with Crippen LogP contribution in [-0.4, -0.2) is 81.9 Å². The number of hydrogen-bond acceptors (Lipinski definition) is 6. The first kappa shape index (κ1) is 23.5. The Balaban J connectivity index is 0. The lowest BCUT2D eigenvalue weighted by molar-refractivity contribution is -0.134. The third-order valence-corrected chi connectivity index (χ3v) is 2.31. The molecule has 1 atom stereocenters. The van der Waals surface area contributed by atoms with Crippen LogP contribution in [0.25, 0.3) is 0 Å². The van der Waals surface area contributed by atoms with Crippen LogP contribution in [0.1, 0.15) is 6.92 Å². The fourth-order valence-corrected chi connectivity index (χ4v) is 1.41. The summed E-state index contributed by atoms with van der Waals surface area (Å²) in [5, 5.41) is 34.6. The highest BCUT2D eigenvalue weighted by Gasteiger charge is 2.09. The molecule has 1 heterocycles. The van der Waals surface area contributed by atoms with Gasteiger partial charge in [-0.2, -0.15) is 0 Å². The van der Waals surface area contributed by atoms with Crippen molar-refractivity contribution >= 4 is 23.9 Å². The highest BCUT2D eigenvalue weighted by molar-refractivity contribution is 5.90. The minimum absolute atomic E-state index is 0.558. The molecule has 10 nitrogen and oxygen atoms in total. The quantitative estimate of drug-likeness (QED) is 0.412. The van der Waals surface area contributed by atoms with Crippen LogP contribution in [0.5, 0.6) is 0 Å². The lowest BCUT2D eigenvalue weighted by Gasteiger charge is -2.28. The van der Waals surface area contributed by atoms with Gasteiger partial charge in [0.2, 0.25) is 0 Å². The number of hydrogen-bond donors (Lipinski definition) is 5. The Morgan fingerprint density at radius 3 is 1.38 bits per heavy atom. The molecular weight excluding hydrogens is 324 g/mol. The van der Waals surface area contributed by atoms with Crippen LogP contribution in [0.3, 0.4) is 0 Å². The largest absolute Gasteiger partial charge is 0.478 e. The van der Waals surface area contributed by atoms with Crippen molar-refractivity contribution in [3.05, 3.63) is 24.3 Å². The average molecular weight is 346 g/mol. The number of likely N-dealkylation sites (N-methyl/N-ethyl adjacent to an activating group) is 1. The smallest absolute Gasteiger partial charge is 0.328 e. The van der Waals surface area contributed by atoms with Crippen LogP contribution < -0.4 is 5.32 Å². The molecule has 5 N–H and O–H groups in total. The van der Waals surface area contributed by atoms with E-state index < -0.39 is 23.9 Å². The Morgan fingerprint density at radius 2 is 1.21 bits per heavy atom. The maximum atomic E-state index is 9.55. The number of aliphatic carboxylic acids is 4. The fourth-order valence-electron chi connectivity index (χ4n) is 1.41. The van der Waals surface area contributed by atoms with E-state index in [1.54, 1.807) is 0 Å². The summed E-state index contributed by atoms with van der Waals surface area (Å²) in [7, 11) is 2.16. The van der Waals surface area contributed by atoms with Gasteiger partial charge in [0, 0.05) is 50.0 Å². The van der Waals surface area contributed by atoms with Crippen LogP contribution >= 0.6 is 0 Å². The van der Waals surface area contributed by atoms with Crippen LogP contribution in [0, 0.1) is 0 Å². The lowest BCUT2D eigenvalue weighted by Crippen LogP contribution is -2.47. The van der Waals surface area contributed by atoms with E-state index in [0.29, 0.717) is 30.3 Å². The predicted molar refractivity (Wildman–Crippen MR) is 83.8 cm³/mol. The highest BCUT2D eigenvalue weighted by atomic mass is 16.4. The number of carbonyl (C=O) groups is 4. The van der Waals surface area contributed by atoms with Gasteiger partial charge in [-0.3, -0.25) is 0 Å². The standard InChI is InChI=1S/C6H14N2.2C4H4O4/c1-6-5-8(2)4-3-7-6;2*5-3(6)1-2-4(7)8/h6-7H,3-5H2,1-2H3;2*1-2H,(H,5,6)(H,7,8)/b;2*2-1-/t6-;;/m1../s1. The molecule has 10 heteroatoms. The molecule has 1 aliphatic heterocycles. The Hall–Kier alpha value is -2.72. The van der Waals surface area contributed by atoms with E-state index >= 15 is 0 Å². The van der Waals surface area contributed by atoms with Crippen molar-refractivity contribution in [1.29, 1.82) is 0 Å². The number of carboxylic acid groups (broad SMARTS) is 4. The zero-order chi connectivity index (χ0) is 19.1. The molecule has 0 aliphatic carbocycles. The van der Waals surface area contributed by atoms with Crippen LogP contribution in [0.2, 0.25) is 0 Å². The molecule has 0 unspecified atom stereocenters. The minimum atomic E-state index is -1.26. The second-order valence-electron chi connectivity index (χ2n) is 4.64. The minimum Gasteiger partial charge on any atom is -0.478 e. The summed E-state index contributed by atoms with van der Waals surface area (Å²) < 4.78 is 0. The molecule has 136 valence electrons. The van der Waals surface area contributed by atoms with Crippen molar-refractivity contribution in [2.24, 2.45) is 0 Å².